The van der Waals surface area contributed by atoms with Crippen molar-refractivity contribution in [2.75, 3.05) is 46.3 Å². The van der Waals surface area contributed by atoms with Gasteiger partial charge in [0.1, 0.15) is 5.82 Å². The zero-order valence-corrected chi connectivity index (χ0v) is 19.4. The highest BCUT2D eigenvalue weighted by atomic mass is 16.2. The van der Waals surface area contributed by atoms with Gasteiger partial charge in [-0.3, -0.25) is 0 Å². The molecule has 1 aromatic heterocycles. The average Bonchev–Trinajstić information content (AvgIpc) is 3.34. The number of likely N-dealkylation sites (N-methyl/N-ethyl adjacent to an activating group) is 1. The minimum atomic E-state index is -0.196. The maximum Gasteiger partial charge on any atom is 0.320 e. The third-order valence-electron chi connectivity index (χ3n) is 7.33. The lowest BCUT2D eigenvalue weighted by atomic mass is 9.72. The summed E-state index contributed by atoms with van der Waals surface area (Å²) >= 11 is 0. The fourth-order valence-electron chi connectivity index (χ4n) is 5.31. The summed E-state index contributed by atoms with van der Waals surface area (Å²) in [5.74, 6) is 1.10. The molecule has 172 valence electrons. The molecule has 3 heterocycles. The second kappa shape index (κ2) is 9.40. The third kappa shape index (κ3) is 4.40. The molecule has 2 aromatic carbocycles. The van der Waals surface area contributed by atoms with E-state index in [1.807, 2.05) is 11.1 Å². The van der Waals surface area contributed by atoms with Crippen LogP contribution in [-0.2, 0) is 12.0 Å². The van der Waals surface area contributed by atoms with E-state index in [1.54, 1.807) is 0 Å². The van der Waals surface area contributed by atoms with Crippen LogP contribution in [0, 0.1) is 0 Å². The number of hydrogen-bond donors (Lipinski definition) is 0. The number of carbonyl (C=O) groups excluding carboxylic acids is 1. The van der Waals surface area contributed by atoms with Gasteiger partial charge in [-0.15, -0.1) is 0 Å². The quantitative estimate of drug-likeness (QED) is 0.618. The zero-order chi connectivity index (χ0) is 22.7. The summed E-state index contributed by atoms with van der Waals surface area (Å²) in [5, 5.41) is 0. The Balaban J connectivity index is 1.40. The Morgan fingerprint density at radius 3 is 2.12 bits per heavy atom. The first-order chi connectivity index (χ1) is 16.2. The molecule has 3 aromatic rings. The van der Waals surface area contributed by atoms with Gasteiger partial charge in [-0.05, 0) is 31.0 Å². The topological polar surface area (TPSA) is 44.6 Å². The number of likely N-dealkylation sites (tertiary alicyclic amines) is 1. The zero-order valence-electron chi connectivity index (χ0n) is 19.4. The predicted octanol–water partition coefficient (Wildman–Crippen LogP) is 3.68. The molecular weight excluding hydrogens is 410 g/mol. The number of rotatable bonds is 4. The molecule has 6 nitrogen and oxygen atoms in total. The van der Waals surface area contributed by atoms with E-state index in [9.17, 15) is 4.79 Å². The first-order valence-corrected chi connectivity index (χ1v) is 12.0. The van der Waals surface area contributed by atoms with Gasteiger partial charge < -0.3 is 19.3 Å². The van der Waals surface area contributed by atoms with Crippen LogP contribution in [0.25, 0.3) is 0 Å². The smallest absolute Gasteiger partial charge is 0.320 e. The van der Waals surface area contributed by atoms with Crippen molar-refractivity contribution in [2.45, 2.75) is 24.8 Å². The first-order valence-electron chi connectivity index (χ1n) is 12.0. The van der Waals surface area contributed by atoms with Crippen LogP contribution in [-0.4, -0.2) is 76.6 Å². The van der Waals surface area contributed by atoms with Gasteiger partial charge >= 0.3 is 6.03 Å². The number of imidazole rings is 1. The van der Waals surface area contributed by atoms with Gasteiger partial charge in [0.25, 0.3) is 0 Å². The number of amides is 2. The molecule has 5 rings (SSSR count). The Morgan fingerprint density at radius 1 is 0.848 bits per heavy atom. The van der Waals surface area contributed by atoms with Crippen molar-refractivity contribution in [1.82, 2.24) is 24.3 Å². The maximum atomic E-state index is 13.2. The van der Waals surface area contributed by atoms with E-state index in [1.165, 1.54) is 11.1 Å². The van der Waals surface area contributed by atoms with E-state index >= 15 is 0 Å². The largest absolute Gasteiger partial charge is 0.330 e. The van der Waals surface area contributed by atoms with E-state index in [0.717, 1.165) is 64.5 Å². The van der Waals surface area contributed by atoms with Crippen molar-refractivity contribution >= 4 is 6.03 Å². The molecule has 0 bridgehead atoms. The van der Waals surface area contributed by atoms with Gasteiger partial charge in [0.05, 0.1) is 5.41 Å². The van der Waals surface area contributed by atoms with Crippen molar-refractivity contribution in [3.8, 4) is 0 Å². The van der Waals surface area contributed by atoms with E-state index in [2.05, 4.69) is 88.3 Å². The highest BCUT2D eigenvalue weighted by Gasteiger charge is 2.42. The number of aromatic nitrogens is 2. The number of carbonyl (C=O) groups is 1. The minimum absolute atomic E-state index is 0.192. The number of hydrogen-bond acceptors (Lipinski definition) is 3. The van der Waals surface area contributed by atoms with Crippen LogP contribution in [0.15, 0.2) is 73.1 Å². The molecule has 2 amide bonds. The molecule has 0 atom stereocenters. The summed E-state index contributed by atoms with van der Waals surface area (Å²) in [5.41, 5.74) is 2.36. The summed E-state index contributed by atoms with van der Waals surface area (Å²) in [7, 11) is 2.12. The van der Waals surface area contributed by atoms with Crippen molar-refractivity contribution < 1.29 is 4.79 Å². The molecule has 0 spiro atoms. The Morgan fingerprint density at radius 2 is 1.45 bits per heavy atom. The minimum Gasteiger partial charge on any atom is -0.330 e. The number of urea groups is 1. The molecule has 2 fully saturated rings. The molecule has 6 heteroatoms. The second-order valence-corrected chi connectivity index (χ2v) is 9.37. The summed E-state index contributed by atoms with van der Waals surface area (Å²) in [6.45, 7) is 5.83. The van der Waals surface area contributed by atoms with Crippen LogP contribution in [0.1, 0.15) is 29.8 Å². The molecular formula is C27H33N5O. The van der Waals surface area contributed by atoms with Gasteiger partial charge in [0.15, 0.2) is 0 Å². The van der Waals surface area contributed by atoms with Crippen LogP contribution in [0.3, 0.4) is 0 Å². The lowest BCUT2D eigenvalue weighted by Crippen LogP contribution is -2.55. The van der Waals surface area contributed by atoms with Gasteiger partial charge in [0.2, 0.25) is 0 Å². The maximum absolute atomic E-state index is 13.2. The van der Waals surface area contributed by atoms with E-state index in [0.29, 0.717) is 0 Å². The van der Waals surface area contributed by atoms with Gasteiger partial charge in [-0.25, -0.2) is 9.78 Å². The van der Waals surface area contributed by atoms with E-state index in [-0.39, 0.29) is 11.4 Å². The van der Waals surface area contributed by atoms with Crippen LogP contribution in [0.2, 0.25) is 0 Å². The number of piperidine rings is 1. The molecule has 2 aliphatic rings. The van der Waals surface area contributed by atoms with Gasteiger partial charge in [-0.1, -0.05) is 60.7 Å². The molecule has 0 saturated carbocycles. The van der Waals surface area contributed by atoms with Crippen molar-refractivity contribution in [3.63, 3.8) is 0 Å². The Hall–Kier alpha value is -3.12. The molecule has 0 N–H and O–H groups in total. The lowest BCUT2D eigenvalue weighted by Gasteiger charge is -2.44. The summed E-state index contributed by atoms with van der Waals surface area (Å²) < 4.78 is 2.29. The highest BCUT2D eigenvalue weighted by Crippen LogP contribution is 2.41. The number of piperazine rings is 1. The first kappa shape index (κ1) is 21.7. The van der Waals surface area contributed by atoms with Crippen LogP contribution in [0.4, 0.5) is 4.79 Å². The predicted molar refractivity (Wildman–Crippen MR) is 130 cm³/mol. The molecule has 0 radical (unpaired) electrons. The van der Waals surface area contributed by atoms with E-state index < -0.39 is 0 Å². The monoisotopic (exact) mass is 443 g/mol. The SMILES string of the molecule is CN1CCN(C(=O)N2CCC(c3ccccc3)(c3nccn3Cc3ccccc3)CC2)CC1. The summed E-state index contributed by atoms with van der Waals surface area (Å²) in [6.07, 6.45) is 5.77. The molecule has 33 heavy (non-hydrogen) atoms. The standard InChI is InChI=1S/C27H33N5O/c1-29-18-20-31(21-19-29)26(33)30-15-12-27(13-16-30,24-10-6-3-7-11-24)25-28-14-17-32(25)22-23-8-4-2-5-9-23/h2-11,14,17H,12-13,15-16,18-22H2,1H3. The average molecular weight is 444 g/mol. The Kier molecular flexibility index (Phi) is 6.18. The molecule has 2 aliphatic heterocycles. The fraction of sp³-hybridized carbons (Fsp3) is 0.407. The van der Waals surface area contributed by atoms with E-state index in [4.69, 9.17) is 4.98 Å². The molecule has 0 unspecified atom stereocenters. The van der Waals surface area contributed by atoms with Crippen molar-refractivity contribution in [2.24, 2.45) is 0 Å². The fourth-order valence-corrected chi connectivity index (χ4v) is 5.31. The van der Waals surface area contributed by atoms with Crippen LogP contribution >= 0.6 is 0 Å². The summed E-state index contributed by atoms with van der Waals surface area (Å²) in [6, 6.07) is 21.5. The third-order valence-corrected chi connectivity index (χ3v) is 7.33. The molecule has 0 aliphatic carbocycles. The summed E-state index contributed by atoms with van der Waals surface area (Å²) in [4.78, 5) is 24.5. The highest BCUT2D eigenvalue weighted by molar-refractivity contribution is 5.74. The number of nitrogens with zero attached hydrogens (tertiary/aromatic N) is 5. The lowest BCUT2D eigenvalue weighted by molar-refractivity contribution is 0.106. The van der Waals surface area contributed by atoms with Gasteiger partial charge in [0, 0.05) is 58.2 Å². The van der Waals surface area contributed by atoms with Crippen LogP contribution in [0.5, 0.6) is 0 Å². The van der Waals surface area contributed by atoms with Crippen molar-refractivity contribution in [3.05, 3.63) is 90.0 Å². The van der Waals surface area contributed by atoms with Crippen molar-refractivity contribution in [1.29, 1.82) is 0 Å². The Bertz CT molecular complexity index is 1050. The second-order valence-electron chi connectivity index (χ2n) is 9.37. The number of benzene rings is 2. The van der Waals surface area contributed by atoms with Crippen LogP contribution < -0.4 is 0 Å². The normalized spacial score (nSPS) is 18.9. The molecule has 2 saturated heterocycles. The Labute approximate surface area is 196 Å². The van der Waals surface area contributed by atoms with Gasteiger partial charge in [-0.2, -0.15) is 0 Å².